The molecule has 18 heavy (non-hydrogen) atoms. The predicted octanol–water partition coefficient (Wildman–Crippen LogP) is 2.39. The van der Waals surface area contributed by atoms with E-state index in [0.717, 1.165) is 0 Å². The van der Waals surface area contributed by atoms with Gasteiger partial charge in [-0.3, -0.25) is 0 Å². The number of rotatable bonds is 5. The lowest BCUT2D eigenvalue weighted by Crippen LogP contribution is -2.34. The molecular weight excluding hydrogens is 235 g/mol. The zero-order valence-corrected chi connectivity index (χ0v) is 11.0. The van der Waals surface area contributed by atoms with Crippen molar-refractivity contribution < 1.29 is 13.9 Å². The molecule has 0 N–H and O–H groups in total. The Morgan fingerprint density at radius 3 is 2.67 bits per heavy atom. The molecule has 1 aromatic heterocycles. The van der Waals surface area contributed by atoms with Gasteiger partial charge in [0.1, 0.15) is 18.1 Å². The molecule has 0 aliphatic heterocycles. The van der Waals surface area contributed by atoms with E-state index in [1.165, 1.54) is 26.2 Å². The van der Waals surface area contributed by atoms with E-state index in [2.05, 4.69) is 21.8 Å². The number of nitrogens with zero attached hydrogens (tertiary/aromatic N) is 2. The van der Waals surface area contributed by atoms with Crippen LogP contribution in [0.3, 0.4) is 0 Å². The number of aromatic nitrogens is 2. The number of alkyl halides is 1. The lowest BCUT2D eigenvalue weighted by Gasteiger charge is -2.23. The number of halogens is 1. The van der Waals surface area contributed by atoms with Crippen LogP contribution >= 0.6 is 0 Å². The van der Waals surface area contributed by atoms with Crippen molar-refractivity contribution in [2.24, 2.45) is 0 Å². The second kappa shape index (κ2) is 6.20. The molecule has 0 spiro atoms. The topological polar surface area (TPSA) is 44.2 Å². The Bertz CT molecular complexity index is 446. The molecule has 1 heterocycles. The van der Waals surface area contributed by atoms with Gasteiger partial charge < -0.3 is 9.47 Å². The van der Waals surface area contributed by atoms with Gasteiger partial charge in [0, 0.05) is 0 Å². The molecule has 0 saturated carbocycles. The summed E-state index contributed by atoms with van der Waals surface area (Å²) in [6, 6.07) is 1.51. The summed E-state index contributed by atoms with van der Waals surface area (Å²) in [5.74, 6) is 6.09. The SMILES string of the molecule is CC#CCOc1cc(OC(C)C(C)(C)F)ncn1. The minimum Gasteiger partial charge on any atom is -0.471 e. The first-order valence-electron chi connectivity index (χ1n) is 5.63. The first-order chi connectivity index (χ1) is 8.43. The fraction of sp³-hybridized carbons (Fsp3) is 0.538. The van der Waals surface area contributed by atoms with Crippen molar-refractivity contribution in [2.75, 3.05) is 6.61 Å². The average Bonchev–Trinajstić information content (AvgIpc) is 2.28. The Morgan fingerprint density at radius 1 is 1.39 bits per heavy atom. The zero-order valence-electron chi connectivity index (χ0n) is 11.0. The van der Waals surface area contributed by atoms with Crippen molar-refractivity contribution >= 4 is 0 Å². The van der Waals surface area contributed by atoms with Gasteiger partial charge in [0.2, 0.25) is 11.8 Å². The normalized spacial score (nSPS) is 12.3. The Kier molecular flexibility index (Phi) is 4.90. The highest BCUT2D eigenvalue weighted by Crippen LogP contribution is 2.21. The lowest BCUT2D eigenvalue weighted by atomic mass is 10.1. The number of hydrogen-bond donors (Lipinski definition) is 0. The molecule has 0 saturated heterocycles. The highest BCUT2D eigenvalue weighted by molar-refractivity contribution is 5.19. The van der Waals surface area contributed by atoms with E-state index in [0.29, 0.717) is 5.88 Å². The van der Waals surface area contributed by atoms with Crippen LogP contribution in [-0.2, 0) is 0 Å². The monoisotopic (exact) mass is 252 g/mol. The quantitative estimate of drug-likeness (QED) is 0.755. The summed E-state index contributed by atoms with van der Waals surface area (Å²) in [6.07, 6.45) is 0.692. The van der Waals surface area contributed by atoms with Gasteiger partial charge in [-0.05, 0) is 27.7 Å². The summed E-state index contributed by atoms with van der Waals surface area (Å²) < 4.78 is 24.2. The molecule has 4 nitrogen and oxygen atoms in total. The van der Waals surface area contributed by atoms with Gasteiger partial charge in [-0.2, -0.15) is 0 Å². The van der Waals surface area contributed by atoms with Crippen LogP contribution in [0.15, 0.2) is 12.4 Å². The maximum atomic E-state index is 13.6. The van der Waals surface area contributed by atoms with E-state index in [1.807, 2.05) is 0 Å². The van der Waals surface area contributed by atoms with Gasteiger partial charge in [-0.15, -0.1) is 5.92 Å². The minimum absolute atomic E-state index is 0.247. The van der Waals surface area contributed by atoms with Gasteiger partial charge in [-0.1, -0.05) is 5.92 Å². The molecule has 0 amide bonds. The molecule has 0 aliphatic rings. The molecule has 0 aromatic carbocycles. The first-order valence-corrected chi connectivity index (χ1v) is 5.63. The Hall–Kier alpha value is -1.83. The molecule has 1 aromatic rings. The smallest absolute Gasteiger partial charge is 0.221 e. The van der Waals surface area contributed by atoms with Gasteiger partial charge in [-0.25, -0.2) is 14.4 Å². The average molecular weight is 252 g/mol. The molecule has 0 aliphatic carbocycles. The van der Waals surface area contributed by atoms with Crippen LogP contribution in [0.25, 0.3) is 0 Å². The highest BCUT2D eigenvalue weighted by atomic mass is 19.1. The second-order valence-electron chi connectivity index (χ2n) is 4.23. The standard InChI is InChI=1S/C13H17FN2O2/c1-5-6-7-17-11-8-12(16-9-15-11)18-10(2)13(3,4)14/h8-10H,7H2,1-4H3. The van der Waals surface area contributed by atoms with Gasteiger partial charge in [0.25, 0.3) is 0 Å². The summed E-state index contributed by atoms with van der Waals surface area (Å²) in [4.78, 5) is 7.81. The van der Waals surface area contributed by atoms with Gasteiger partial charge >= 0.3 is 0 Å². The first kappa shape index (κ1) is 14.2. The van der Waals surface area contributed by atoms with Crippen LogP contribution in [0, 0.1) is 11.8 Å². The van der Waals surface area contributed by atoms with E-state index in [-0.39, 0.29) is 12.5 Å². The molecule has 5 heteroatoms. The Labute approximate surface area is 107 Å². The molecule has 0 bridgehead atoms. The molecular formula is C13H17FN2O2. The molecule has 1 rings (SSSR count). The van der Waals surface area contributed by atoms with Crippen LogP contribution < -0.4 is 9.47 Å². The fourth-order valence-corrected chi connectivity index (χ4v) is 0.970. The van der Waals surface area contributed by atoms with Crippen molar-refractivity contribution in [1.29, 1.82) is 0 Å². The van der Waals surface area contributed by atoms with E-state index in [1.54, 1.807) is 13.8 Å². The van der Waals surface area contributed by atoms with Gasteiger partial charge in [0.05, 0.1) is 6.07 Å². The van der Waals surface area contributed by atoms with Crippen molar-refractivity contribution in [1.82, 2.24) is 9.97 Å². The van der Waals surface area contributed by atoms with Crippen LogP contribution in [0.4, 0.5) is 4.39 Å². The predicted molar refractivity (Wildman–Crippen MR) is 66.3 cm³/mol. The molecule has 98 valence electrons. The Morgan fingerprint density at radius 2 is 2.06 bits per heavy atom. The maximum absolute atomic E-state index is 13.6. The summed E-state index contributed by atoms with van der Waals surface area (Å²) in [5.41, 5.74) is -1.44. The molecule has 1 unspecified atom stereocenters. The lowest BCUT2D eigenvalue weighted by molar-refractivity contribution is 0.0455. The fourth-order valence-electron chi connectivity index (χ4n) is 0.970. The summed E-state index contributed by atoms with van der Waals surface area (Å²) >= 11 is 0. The zero-order chi connectivity index (χ0) is 13.6. The van der Waals surface area contributed by atoms with E-state index >= 15 is 0 Å². The van der Waals surface area contributed by atoms with Crippen molar-refractivity contribution in [3.63, 3.8) is 0 Å². The summed E-state index contributed by atoms with van der Waals surface area (Å²) in [7, 11) is 0. The van der Waals surface area contributed by atoms with Crippen molar-refractivity contribution in [3.8, 4) is 23.6 Å². The third kappa shape index (κ3) is 4.58. The van der Waals surface area contributed by atoms with Crippen molar-refractivity contribution in [3.05, 3.63) is 12.4 Å². The molecule has 1 atom stereocenters. The van der Waals surface area contributed by atoms with E-state index in [4.69, 9.17) is 9.47 Å². The molecule has 0 radical (unpaired) electrons. The van der Waals surface area contributed by atoms with Crippen LogP contribution in [0.2, 0.25) is 0 Å². The van der Waals surface area contributed by atoms with E-state index < -0.39 is 11.8 Å². The van der Waals surface area contributed by atoms with Crippen LogP contribution in [-0.4, -0.2) is 28.3 Å². The third-order valence-corrected chi connectivity index (χ3v) is 2.35. The third-order valence-electron chi connectivity index (χ3n) is 2.35. The van der Waals surface area contributed by atoms with Gasteiger partial charge in [0.15, 0.2) is 6.61 Å². The number of ether oxygens (including phenoxy) is 2. The van der Waals surface area contributed by atoms with Crippen LogP contribution in [0.1, 0.15) is 27.7 Å². The second-order valence-corrected chi connectivity index (χ2v) is 4.23. The maximum Gasteiger partial charge on any atom is 0.221 e. The summed E-state index contributed by atoms with van der Waals surface area (Å²) in [5, 5.41) is 0. The largest absolute Gasteiger partial charge is 0.471 e. The summed E-state index contributed by atoms with van der Waals surface area (Å²) in [6.45, 7) is 6.52. The highest BCUT2D eigenvalue weighted by Gasteiger charge is 2.27. The molecule has 0 fully saturated rings. The van der Waals surface area contributed by atoms with Crippen LogP contribution in [0.5, 0.6) is 11.8 Å². The minimum atomic E-state index is -1.44. The van der Waals surface area contributed by atoms with Crippen molar-refractivity contribution in [2.45, 2.75) is 39.5 Å². The van der Waals surface area contributed by atoms with E-state index in [9.17, 15) is 4.39 Å². The Balaban J connectivity index is 2.66. The number of hydrogen-bond acceptors (Lipinski definition) is 4.